The molecule has 0 fully saturated rings. The largest absolute Gasteiger partial charge is 0.497 e. The van der Waals surface area contributed by atoms with Crippen molar-refractivity contribution in [2.45, 2.75) is 4.90 Å². The van der Waals surface area contributed by atoms with Gasteiger partial charge < -0.3 is 14.6 Å². The number of benzene rings is 1. The standard InChI is InChI=1S/C13H17NO6S/c1-4-7-14(9-13(15)16)21(17,18)12-6-5-10(19-2)8-11(12)20-3/h4-6,8H,1,7,9H2,2-3H3,(H,15,16). The molecule has 1 aromatic rings. The number of carboxylic acids is 1. The molecular weight excluding hydrogens is 298 g/mol. The Labute approximate surface area is 123 Å². The second-order valence-corrected chi connectivity index (χ2v) is 5.90. The predicted octanol–water partition coefficient (Wildman–Crippen LogP) is 0.965. The Morgan fingerprint density at radius 1 is 1.38 bits per heavy atom. The van der Waals surface area contributed by atoms with E-state index in [0.717, 1.165) is 4.31 Å². The maximum atomic E-state index is 12.5. The number of methoxy groups -OCH3 is 2. The zero-order valence-electron chi connectivity index (χ0n) is 11.8. The molecule has 0 heterocycles. The van der Waals surface area contributed by atoms with Crippen LogP contribution in [-0.2, 0) is 14.8 Å². The Bertz CT molecular complexity index is 626. The van der Waals surface area contributed by atoms with Crippen LogP contribution in [0.2, 0.25) is 0 Å². The lowest BCUT2D eigenvalue weighted by atomic mass is 10.3. The van der Waals surface area contributed by atoms with Crippen LogP contribution in [0.15, 0.2) is 35.7 Å². The number of hydrogen-bond donors (Lipinski definition) is 1. The molecule has 1 aromatic carbocycles. The van der Waals surface area contributed by atoms with Gasteiger partial charge in [0.15, 0.2) is 0 Å². The van der Waals surface area contributed by atoms with E-state index in [0.29, 0.717) is 5.75 Å². The average Bonchev–Trinajstić information content (AvgIpc) is 2.45. The fourth-order valence-electron chi connectivity index (χ4n) is 1.67. The van der Waals surface area contributed by atoms with Crippen molar-refractivity contribution < 1.29 is 27.8 Å². The molecule has 0 saturated carbocycles. The molecule has 0 aliphatic carbocycles. The van der Waals surface area contributed by atoms with Crippen molar-refractivity contribution in [1.29, 1.82) is 0 Å². The number of rotatable bonds is 8. The third kappa shape index (κ3) is 3.96. The molecule has 0 aliphatic rings. The van der Waals surface area contributed by atoms with Crippen LogP contribution < -0.4 is 9.47 Å². The third-order valence-corrected chi connectivity index (χ3v) is 4.48. The molecule has 0 saturated heterocycles. The lowest BCUT2D eigenvalue weighted by Gasteiger charge is -2.20. The molecular formula is C13H17NO6S. The summed E-state index contributed by atoms with van der Waals surface area (Å²) < 4.78 is 35.9. The zero-order chi connectivity index (χ0) is 16.0. The normalized spacial score (nSPS) is 11.2. The van der Waals surface area contributed by atoms with Crippen molar-refractivity contribution in [1.82, 2.24) is 4.31 Å². The molecule has 0 unspecified atom stereocenters. The highest BCUT2D eigenvalue weighted by Gasteiger charge is 2.28. The maximum absolute atomic E-state index is 12.5. The zero-order valence-corrected chi connectivity index (χ0v) is 12.6. The Hall–Kier alpha value is -2.06. The van der Waals surface area contributed by atoms with Crippen molar-refractivity contribution in [3.8, 4) is 11.5 Å². The highest BCUT2D eigenvalue weighted by atomic mass is 32.2. The Balaban J connectivity index is 3.32. The van der Waals surface area contributed by atoms with Crippen molar-refractivity contribution in [2.24, 2.45) is 0 Å². The summed E-state index contributed by atoms with van der Waals surface area (Å²) in [6.07, 6.45) is 1.32. The first-order valence-electron chi connectivity index (χ1n) is 5.91. The Morgan fingerprint density at radius 2 is 2.05 bits per heavy atom. The van der Waals surface area contributed by atoms with Gasteiger partial charge in [0.25, 0.3) is 0 Å². The molecule has 0 spiro atoms. The molecule has 116 valence electrons. The summed E-state index contributed by atoms with van der Waals surface area (Å²) in [4.78, 5) is 10.7. The number of aliphatic carboxylic acids is 1. The first kappa shape index (κ1) is 17.0. The molecule has 0 atom stereocenters. The first-order chi connectivity index (χ1) is 9.86. The van der Waals surface area contributed by atoms with E-state index < -0.39 is 22.5 Å². The molecule has 1 N–H and O–H groups in total. The first-order valence-corrected chi connectivity index (χ1v) is 7.35. The van der Waals surface area contributed by atoms with E-state index in [-0.39, 0.29) is 17.2 Å². The third-order valence-electron chi connectivity index (χ3n) is 2.63. The summed E-state index contributed by atoms with van der Waals surface area (Å²) in [5.74, 6) is -0.749. The van der Waals surface area contributed by atoms with Gasteiger partial charge in [-0.05, 0) is 12.1 Å². The maximum Gasteiger partial charge on any atom is 0.318 e. The van der Waals surface area contributed by atoms with Gasteiger partial charge in [0.2, 0.25) is 10.0 Å². The van der Waals surface area contributed by atoms with E-state index in [2.05, 4.69) is 6.58 Å². The van der Waals surface area contributed by atoms with E-state index in [1.807, 2.05) is 0 Å². The van der Waals surface area contributed by atoms with E-state index in [1.165, 1.54) is 38.5 Å². The van der Waals surface area contributed by atoms with E-state index in [1.54, 1.807) is 0 Å². The van der Waals surface area contributed by atoms with E-state index in [9.17, 15) is 13.2 Å². The summed E-state index contributed by atoms with van der Waals surface area (Å²) >= 11 is 0. The van der Waals surface area contributed by atoms with Crippen LogP contribution in [0.25, 0.3) is 0 Å². The molecule has 0 radical (unpaired) electrons. The van der Waals surface area contributed by atoms with Gasteiger partial charge >= 0.3 is 5.97 Å². The number of carbonyl (C=O) groups is 1. The number of ether oxygens (including phenoxy) is 2. The molecule has 0 aliphatic heterocycles. The predicted molar refractivity (Wildman–Crippen MR) is 76.1 cm³/mol. The summed E-state index contributed by atoms with van der Waals surface area (Å²) in [6, 6.07) is 4.19. The van der Waals surface area contributed by atoms with Crippen LogP contribution in [0.1, 0.15) is 0 Å². The number of hydrogen-bond acceptors (Lipinski definition) is 5. The second kappa shape index (κ2) is 7.09. The minimum atomic E-state index is -4.03. The second-order valence-electron chi connectivity index (χ2n) is 4.00. The minimum absolute atomic E-state index is 0.0776. The molecule has 0 aromatic heterocycles. The topological polar surface area (TPSA) is 93.1 Å². The number of sulfonamides is 1. The average molecular weight is 315 g/mol. The summed E-state index contributed by atoms with van der Waals surface area (Å²) in [6.45, 7) is 2.65. The molecule has 8 heteroatoms. The van der Waals surface area contributed by atoms with Crippen LogP contribution in [-0.4, -0.2) is 51.1 Å². The Kier molecular flexibility index (Phi) is 5.74. The molecule has 0 bridgehead atoms. The van der Waals surface area contributed by atoms with Crippen LogP contribution in [0.5, 0.6) is 11.5 Å². The van der Waals surface area contributed by atoms with Gasteiger partial charge in [-0.25, -0.2) is 8.42 Å². The highest BCUT2D eigenvalue weighted by molar-refractivity contribution is 7.89. The van der Waals surface area contributed by atoms with Gasteiger partial charge in [-0.2, -0.15) is 4.31 Å². The minimum Gasteiger partial charge on any atom is -0.497 e. The SMILES string of the molecule is C=CCN(CC(=O)O)S(=O)(=O)c1ccc(OC)cc1OC. The summed E-state index contributed by atoms with van der Waals surface area (Å²) in [5, 5.41) is 8.84. The Morgan fingerprint density at radius 3 is 2.52 bits per heavy atom. The van der Waals surface area contributed by atoms with Crippen LogP contribution in [0.3, 0.4) is 0 Å². The fraction of sp³-hybridized carbons (Fsp3) is 0.308. The lowest BCUT2D eigenvalue weighted by molar-refractivity contribution is -0.137. The van der Waals surface area contributed by atoms with Gasteiger partial charge in [0.1, 0.15) is 22.9 Å². The van der Waals surface area contributed by atoms with Crippen molar-refractivity contribution in [2.75, 3.05) is 27.3 Å². The van der Waals surface area contributed by atoms with Crippen LogP contribution in [0.4, 0.5) is 0 Å². The van der Waals surface area contributed by atoms with E-state index >= 15 is 0 Å². The number of carboxylic acid groups (broad SMARTS) is 1. The number of nitrogens with zero attached hydrogens (tertiary/aromatic N) is 1. The molecule has 21 heavy (non-hydrogen) atoms. The van der Waals surface area contributed by atoms with Crippen LogP contribution >= 0.6 is 0 Å². The molecule has 0 amide bonds. The molecule has 1 rings (SSSR count). The fourth-order valence-corrected chi connectivity index (χ4v) is 3.17. The smallest absolute Gasteiger partial charge is 0.318 e. The molecule has 7 nitrogen and oxygen atoms in total. The van der Waals surface area contributed by atoms with Crippen molar-refractivity contribution in [3.63, 3.8) is 0 Å². The van der Waals surface area contributed by atoms with Gasteiger partial charge in [-0.15, -0.1) is 6.58 Å². The van der Waals surface area contributed by atoms with Crippen LogP contribution in [0, 0.1) is 0 Å². The van der Waals surface area contributed by atoms with Gasteiger partial charge in [-0.3, -0.25) is 4.79 Å². The van der Waals surface area contributed by atoms with E-state index in [4.69, 9.17) is 14.6 Å². The lowest BCUT2D eigenvalue weighted by Crippen LogP contribution is -2.36. The quantitative estimate of drug-likeness (QED) is 0.718. The highest BCUT2D eigenvalue weighted by Crippen LogP contribution is 2.30. The monoisotopic (exact) mass is 315 g/mol. The van der Waals surface area contributed by atoms with Crippen molar-refractivity contribution >= 4 is 16.0 Å². The van der Waals surface area contributed by atoms with Gasteiger partial charge in [0.05, 0.1) is 14.2 Å². The van der Waals surface area contributed by atoms with Crippen molar-refractivity contribution in [3.05, 3.63) is 30.9 Å². The van der Waals surface area contributed by atoms with Gasteiger partial charge in [0, 0.05) is 12.6 Å². The summed E-state index contributed by atoms with van der Waals surface area (Å²) in [7, 11) is -1.26. The summed E-state index contributed by atoms with van der Waals surface area (Å²) in [5.41, 5.74) is 0. The van der Waals surface area contributed by atoms with Gasteiger partial charge in [-0.1, -0.05) is 6.08 Å².